The first-order chi connectivity index (χ1) is 3.81. The molecule has 0 saturated carbocycles. The Morgan fingerprint density at radius 1 is 1.75 bits per heavy atom. The van der Waals surface area contributed by atoms with Gasteiger partial charge in [-0.15, -0.1) is 0 Å². The molecule has 0 spiro atoms. The Bertz CT molecular complexity index is 96.7. The molecule has 0 saturated heterocycles. The predicted molar refractivity (Wildman–Crippen MR) is 34.1 cm³/mol. The van der Waals surface area contributed by atoms with Crippen molar-refractivity contribution in [1.82, 2.24) is 5.48 Å². The summed E-state index contributed by atoms with van der Waals surface area (Å²) in [5, 5.41) is 0. The van der Waals surface area contributed by atoms with Crippen LogP contribution in [0.5, 0.6) is 0 Å². The van der Waals surface area contributed by atoms with Gasteiger partial charge in [0.1, 0.15) is 0 Å². The number of nitrogens with one attached hydrogen (secondary N) is 1. The number of allylic oxidation sites excluding steroid dienone is 3. The van der Waals surface area contributed by atoms with E-state index < -0.39 is 0 Å². The minimum absolute atomic E-state index is 0.947. The second kappa shape index (κ2) is 4.40. The molecule has 0 aromatic heterocycles. The van der Waals surface area contributed by atoms with E-state index in [1.54, 1.807) is 13.2 Å². The summed E-state index contributed by atoms with van der Waals surface area (Å²) >= 11 is 0. The number of hydrogen-bond donors (Lipinski definition) is 1. The lowest BCUT2D eigenvalue weighted by Crippen LogP contribution is -2.07. The van der Waals surface area contributed by atoms with Gasteiger partial charge in [0.2, 0.25) is 0 Å². The molecule has 0 radical (unpaired) electrons. The van der Waals surface area contributed by atoms with E-state index >= 15 is 0 Å². The van der Waals surface area contributed by atoms with Gasteiger partial charge in [-0.2, -0.15) is 0 Å². The van der Waals surface area contributed by atoms with Crippen molar-refractivity contribution in [2.75, 3.05) is 7.11 Å². The number of hydroxylamine groups is 1. The third kappa shape index (κ3) is 3.43. The monoisotopic (exact) mass is 113 g/mol. The van der Waals surface area contributed by atoms with E-state index in [4.69, 9.17) is 0 Å². The topological polar surface area (TPSA) is 21.3 Å². The van der Waals surface area contributed by atoms with Crippen LogP contribution in [0.4, 0.5) is 0 Å². The summed E-state index contributed by atoms with van der Waals surface area (Å²) in [6.07, 6.45) is 3.52. The van der Waals surface area contributed by atoms with Crippen molar-refractivity contribution < 1.29 is 4.84 Å². The average molecular weight is 113 g/mol. The summed E-state index contributed by atoms with van der Waals surface area (Å²) in [6, 6.07) is 0. The van der Waals surface area contributed by atoms with Gasteiger partial charge >= 0.3 is 0 Å². The van der Waals surface area contributed by atoms with Crippen molar-refractivity contribution in [3.63, 3.8) is 0 Å². The Morgan fingerprint density at radius 3 is 2.75 bits per heavy atom. The van der Waals surface area contributed by atoms with Crippen molar-refractivity contribution in [2.45, 2.75) is 6.92 Å². The number of rotatable bonds is 3. The van der Waals surface area contributed by atoms with Crippen LogP contribution in [0, 0.1) is 0 Å². The summed E-state index contributed by atoms with van der Waals surface area (Å²) in [4.78, 5) is 4.59. The third-order valence-electron chi connectivity index (χ3n) is 0.631. The van der Waals surface area contributed by atoms with Crippen molar-refractivity contribution in [1.29, 1.82) is 0 Å². The minimum Gasteiger partial charge on any atom is -0.280 e. The van der Waals surface area contributed by atoms with Crippen LogP contribution in [0.25, 0.3) is 0 Å². The molecule has 0 aliphatic carbocycles. The number of hydrogen-bond acceptors (Lipinski definition) is 2. The lowest BCUT2D eigenvalue weighted by molar-refractivity contribution is 0.118. The SMILES string of the molecule is C=C/C=C(\C)NOC. The third-order valence-corrected chi connectivity index (χ3v) is 0.631. The van der Waals surface area contributed by atoms with E-state index in [1.165, 1.54) is 0 Å². The van der Waals surface area contributed by atoms with Crippen LogP contribution in [-0.2, 0) is 4.84 Å². The predicted octanol–water partition coefficient (Wildman–Crippen LogP) is 1.23. The van der Waals surface area contributed by atoms with Crippen molar-refractivity contribution in [3.8, 4) is 0 Å². The largest absolute Gasteiger partial charge is 0.280 e. The van der Waals surface area contributed by atoms with Crippen LogP contribution >= 0.6 is 0 Å². The van der Waals surface area contributed by atoms with Gasteiger partial charge in [0.05, 0.1) is 7.11 Å². The molecule has 0 fully saturated rings. The molecule has 2 heteroatoms. The Hall–Kier alpha value is -0.760. The smallest absolute Gasteiger partial charge is 0.0636 e. The van der Waals surface area contributed by atoms with Gasteiger partial charge in [-0.3, -0.25) is 10.3 Å². The van der Waals surface area contributed by atoms with E-state index in [-0.39, 0.29) is 0 Å². The summed E-state index contributed by atoms with van der Waals surface area (Å²) in [7, 11) is 1.57. The standard InChI is InChI=1S/C6H11NO/c1-4-5-6(2)7-8-3/h4-5,7H,1H2,2-3H3/b6-5+. The molecule has 0 amide bonds. The molecular weight excluding hydrogens is 102 g/mol. The molecule has 0 aromatic carbocycles. The molecule has 1 N–H and O–H groups in total. The van der Waals surface area contributed by atoms with Crippen LogP contribution in [0.3, 0.4) is 0 Å². The molecule has 0 unspecified atom stereocenters. The van der Waals surface area contributed by atoms with Crippen LogP contribution in [0.1, 0.15) is 6.92 Å². The van der Waals surface area contributed by atoms with Gasteiger partial charge in [-0.05, 0) is 13.0 Å². The molecular formula is C6H11NO. The van der Waals surface area contributed by atoms with E-state index in [1.807, 2.05) is 13.0 Å². The van der Waals surface area contributed by atoms with Crippen LogP contribution in [-0.4, -0.2) is 7.11 Å². The summed E-state index contributed by atoms with van der Waals surface area (Å²) in [5.74, 6) is 0. The minimum atomic E-state index is 0.947. The van der Waals surface area contributed by atoms with E-state index in [0.29, 0.717) is 0 Å². The van der Waals surface area contributed by atoms with E-state index in [0.717, 1.165) is 5.70 Å². The molecule has 0 aromatic rings. The highest BCUT2D eigenvalue weighted by molar-refractivity contribution is 5.04. The lowest BCUT2D eigenvalue weighted by atomic mass is 10.4. The summed E-state index contributed by atoms with van der Waals surface area (Å²) < 4.78 is 0. The highest BCUT2D eigenvalue weighted by Crippen LogP contribution is 1.83. The average Bonchev–Trinajstić information content (AvgIpc) is 1.68. The van der Waals surface area contributed by atoms with Crippen molar-refractivity contribution in [3.05, 3.63) is 24.4 Å². The maximum Gasteiger partial charge on any atom is 0.0636 e. The molecule has 0 aliphatic heterocycles. The molecule has 8 heavy (non-hydrogen) atoms. The van der Waals surface area contributed by atoms with Crippen molar-refractivity contribution in [2.24, 2.45) is 0 Å². The fourth-order valence-electron chi connectivity index (χ4n) is 0.372. The zero-order chi connectivity index (χ0) is 6.41. The zero-order valence-corrected chi connectivity index (χ0v) is 5.27. The highest BCUT2D eigenvalue weighted by atomic mass is 16.6. The zero-order valence-electron chi connectivity index (χ0n) is 5.27. The lowest BCUT2D eigenvalue weighted by Gasteiger charge is -1.98. The maximum absolute atomic E-state index is 4.59. The normalized spacial score (nSPS) is 11.0. The first-order valence-corrected chi connectivity index (χ1v) is 2.39. The van der Waals surface area contributed by atoms with Gasteiger partial charge in [-0.1, -0.05) is 12.7 Å². The van der Waals surface area contributed by atoms with Gasteiger partial charge < -0.3 is 0 Å². The second-order valence-electron chi connectivity index (χ2n) is 1.39. The fourth-order valence-corrected chi connectivity index (χ4v) is 0.372. The fraction of sp³-hybridized carbons (Fsp3) is 0.333. The van der Waals surface area contributed by atoms with Crippen molar-refractivity contribution >= 4 is 0 Å². The van der Waals surface area contributed by atoms with Gasteiger partial charge in [-0.25, -0.2) is 0 Å². The molecule has 0 atom stereocenters. The molecule has 46 valence electrons. The quantitative estimate of drug-likeness (QED) is 0.439. The Kier molecular flexibility index (Phi) is 3.98. The summed E-state index contributed by atoms with van der Waals surface area (Å²) in [6.45, 7) is 5.40. The molecule has 0 bridgehead atoms. The molecule has 0 rings (SSSR count). The molecule has 0 aliphatic rings. The molecule has 2 nitrogen and oxygen atoms in total. The van der Waals surface area contributed by atoms with Crippen LogP contribution in [0.2, 0.25) is 0 Å². The Balaban J connectivity index is 3.44. The molecule has 0 heterocycles. The second-order valence-corrected chi connectivity index (χ2v) is 1.39. The maximum atomic E-state index is 4.59. The van der Waals surface area contributed by atoms with Gasteiger partial charge in [0.25, 0.3) is 0 Å². The summed E-state index contributed by atoms with van der Waals surface area (Å²) in [5.41, 5.74) is 3.58. The van der Waals surface area contributed by atoms with Gasteiger partial charge in [0.15, 0.2) is 0 Å². The van der Waals surface area contributed by atoms with Crippen LogP contribution in [0.15, 0.2) is 24.4 Å². The highest BCUT2D eigenvalue weighted by Gasteiger charge is 1.77. The first-order valence-electron chi connectivity index (χ1n) is 2.39. The van der Waals surface area contributed by atoms with E-state index in [2.05, 4.69) is 16.9 Å². The Morgan fingerprint density at radius 2 is 2.38 bits per heavy atom. The van der Waals surface area contributed by atoms with Crippen LogP contribution < -0.4 is 5.48 Å². The first kappa shape index (κ1) is 7.24. The van der Waals surface area contributed by atoms with E-state index in [9.17, 15) is 0 Å². The van der Waals surface area contributed by atoms with Gasteiger partial charge in [0, 0.05) is 5.70 Å². The Labute approximate surface area is 49.8 Å².